The number of hydrogen-bond acceptors (Lipinski definition) is 3. The molecule has 0 saturated heterocycles. The van der Waals surface area contributed by atoms with Crippen LogP contribution in [0.15, 0.2) is 4.99 Å². The molecule has 1 unspecified atom stereocenters. The average molecular weight is 214 g/mol. The van der Waals surface area contributed by atoms with Crippen LogP contribution in [0, 0.1) is 5.92 Å². The van der Waals surface area contributed by atoms with Gasteiger partial charge in [0.2, 0.25) is 0 Å². The van der Waals surface area contributed by atoms with E-state index in [1.165, 1.54) is 30.9 Å². The molecule has 1 rings (SSSR count). The van der Waals surface area contributed by atoms with Crippen LogP contribution in [0.2, 0.25) is 0 Å². The predicted octanol–water partition coefficient (Wildman–Crippen LogP) is 2.55. The molecule has 2 nitrogen and oxygen atoms in total. The Labute approximate surface area is 92.0 Å². The van der Waals surface area contributed by atoms with E-state index in [9.17, 15) is 0 Å². The van der Waals surface area contributed by atoms with Crippen molar-refractivity contribution in [2.24, 2.45) is 10.9 Å². The number of aliphatic imine (C=N–C) groups is 1. The fourth-order valence-corrected chi connectivity index (χ4v) is 2.34. The van der Waals surface area contributed by atoms with Gasteiger partial charge in [-0.15, -0.1) is 0 Å². The molecule has 1 N–H and O–H groups in total. The average Bonchev–Trinajstić information content (AvgIpc) is 2.43. The molecule has 0 bridgehead atoms. The molecule has 1 heterocycles. The van der Waals surface area contributed by atoms with E-state index in [-0.39, 0.29) is 0 Å². The number of thioether (sulfide) groups is 1. The topological polar surface area (TPSA) is 24.4 Å². The molecule has 0 saturated carbocycles. The summed E-state index contributed by atoms with van der Waals surface area (Å²) in [5, 5.41) is 3.48. The lowest BCUT2D eigenvalue weighted by Gasteiger charge is -2.13. The summed E-state index contributed by atoms with van der Waals surface area (Å²) in [7, 11) is 0. The molecule has 0 fully saturated rings. The zero-order chi connectivity index (χ0) is 10.2. The molecule has 3 heteroatoms. The van der Waals surface area contributed by atoms with Gasteiger partial charge in [-0.05, 0) is 30.8 Å². The molecule has 1 aliphatic rings. The Bertz CT molecular complexity index is 180. The van der Waals surface area contributed by atoms with Gasteiger partial charge >= 0.3 is 0 Å². The van der Waals surface area contributed by atoms with Crippen molar-refractivity contribution in [2.75, 3.05) is 25.1 Å². The SMILES string of the molecule is CSCC(C)CNC1=NCCCCC1. The summed E-state index contributed by atoms with van der Waals surface area (Å²) in [6, 6.07) is 0. The molecule has 0 aliphatic carbocycles. The van der Waals surface area contributed by atoms with Gasteiger partial charge in [0.25, 0.3) is 0 Å². The summed E-state index contributed by atoms with van der Waals surface area (Å²) in [4.78, 5) is 4.55. The number of nitrogens with zero attached hydrogens (tertiary/aromatic N) is 1. The minimum absolute atomic E-state index is 0.746. The second kappa shape index (κ2) is 7.16. The van der Waals surface area contributed by atoms with Crippen LogP contribution in [0.1, 0.15) is 32.6 Å². The van der Waals surface area contributed by atoms with Crippen molar-refractivity contribution >= 4 is 17.6 Å². The van der Waals surface area contributed by atoms with Crippen LogP contribution >= 0.6 is 11.8 Å². The Morgan fingerprint density at radius 1 is 1.43 bits per heavy atom. The second-order valence-corrected chi connectivity index (χ2v) is 4.99. The van der Waals surface area contributed by atoms with Crippen LogP contribution in [-0.2, 0) is 0 Å². The van der Waals surface area contributed by atoms with Crippen molar-refractivity contribution in [3.05, 3.63) is 0 Å². The van der Waals surface area contributed by atoms with E-state index in [1.54, 1.807) is 0 Å². The molecule has 0 radical (unpaired) electrons. The lowest BCUT2D eigenvalue weighted by Crippen LogP contribution is -2.29. The minimum Gasteiger partial charge on any atom is -0.374 e. The van der Waals surface area contributed by atoms with Gasteiger partial charge in [0.1, 0.15) is 0 Å². The van der Waals surface area contributed by atoms with Crippen molar-refractivity contribution in [1.82, 2.24) is 5.32 Å². The maximum Gasteiger partial charge on any atom is 0.0963 e. The van der Waals surface area contributed by atoms with Gasteiger partial charge in [-0.1, -0.05) is 13.3 Å². The molecule has 0 aromatic rings. The van der Waals surface area contributed by atoms with Crippen LogP contribution in [0.25, 0.3) is 0 Å². The molecule has 14 heavy (non-hydrogen) atoms. The van der Waals surface area contributed by atoms with Crippen LogP contribution in [0.5, 0.6) is 0 Å². The van der Waals surface area contributed by atoms with E-state index < -0.39 is 0 Å². The van der Waals surface area contributed by atoms with E-state index in [4.69, 9.17) is 0 Å². The zero-order valence-electron chi connectivity index (χ0n) is 9.38. The zero-order valence-corrected chi connectivity index (χ0v) is 10.2. The maximum absolute atomic E-state index is 4.55. The number of hydrogen-bond donors (Lipinski definition) is 1. The first kappa shape index (κ1) is 11.9. The first-order chi connectivity index (χ1) is 6.83. The van der Waals surface area contributed by atoms with E-state index in [0.717, 1.165) is 25.4 Å². The van der Waals surface area contributed by atoms with Gasteiger partial charge in [0.05, 0.1) is 5.84 Å². The molecule has 1 atom stereocenters. The highest BCUT2D eigenvalue weighted by Gasteiger charge is 2.05. The molecule has 0 aromatic carbocycles. The van der Waals surface area contributed by atoms with Crippen LogP contribution in [-0.4, -0.2) is 30.9 Å². The Hall–Kier alpha value is -0.180. The number of amidine groups is 1. The van der Waals surface area contributed by atoms with Gasteiger partial charge in [0.15, 0.2) is 0 Å². The van der Waals surface area contributed by atoms with Gasteiger partial charge in [-0.2, -0.15) is 11.8 Å². The molecule has 1 aliphatic heterocycles. The monoisotopic (exact) mass is 214 g/mol. The Kier molecular flexibility index (Phi) is 6.08. The normalized spacial score (nSPS) is 19.7. The predicted molar refractivity (Wildman–Crippen MR) is 66.3 cm³/mol. The molecule has 0 amide bonds. The summed E-state index contributed by atoms with van der Waals surface area (Å²) in [5.74, 6) is 3.23. The molecular formula is C11H22N2S. The standard InChI is InChI=1S/C11H22N2S/c1-10(9-14-2)8-13-11-6-4-3-5-7-12-11/h10H,3-9H2,1-2H3,(H,12,13). The van der Waals surface area contributed by atoms with E-state index in [1.807, 2.05) is 11.8 Å². The van der Waals surface area contributed by atoms with Gasteiger partial charge in [-0.25, -0.2) is 0 Å². The van der Waals surface area contributed by atoms with E-state index in [0.29, 0.717) is 0 Å². The third-order valence-electron chi connectivity index (χ3n) is 2.48. The first-order valence-electron chi connectivity index (χ1n) is 5.59. The Morgan fingerprint density at radius 3 is 3.07 bits per heavy atom. The quantitative estimate of drug-likeness (QED) is 0.778. The smallest absolute Gasteiger partial charge is 0.0963 e. The van der Waals surface area contributed by atoms with Gasteiger partial charge < -0.3 is 5.32 Å². The third kappa shape index (κ3) is 4.89. The highest BCUT2D eigenvalue weighted by molar-refractivity contribution is 7.98. The molecule has 0 aromatic heterocycles. The van der Waals surface area contributed by atoms with E-state index in [2.05, 4.69) is 23.5 Å². The van der Waals surface area contributed by atoms with Crippen molar-refractivity contribution in [1.29, 1.82) is 0 Å². The number of nitrogens with one attached hydrogen (secondary N) is 1. The highest BCUT2D eigenvalue weighted by Crippen LogP contribution is 2.07. The second-order valence-electron chi connectivity index (χ2n) is 4.08. The fourth-order valence-electron chi connectivity index (χ4n) is 1.65. The summed E-state index contributed by atoms with van der Waals surface area (Å²) < 4.78 is 0. The van der Waals surface area contributed by atoms with Crippen molar-refractivity contribution in [3.63, 3.8) is 0 Å². The maximum atomic E-state index is 4.55. The fraction of sp³-hybridized carbons (Fsp3) is 0.909. The largest absolute Gasteiger partial charge is 0.374 e. The summed E-state index contributed by atoms with van der Waals surface area (Å²) >= 11 is 1.92. The third-order valence-corrected chi connectivity index (χ3v) is 3.38. The van der Waals surface area contributed by atoms with Gasteiger partial charge in [-0.3, -0.25) is 4.99 Å². The first-order valence-corrected chi connectivity index (χ1v) is 6.98. The summed E-state index contributed by atoms with van der Waals surface area (Å²) in [6.07, 6.45) is 7.25. The molecule has 82 valence electrons. The van der Waals surface area contributed by atoms with E-state index >= 15 is 0 Å². The van der Waals surface area contributed by atoms with Gasteiger partial charge in [0, 0.05) is 19.5 Å². The minimum atomic E-state index is 0.746. The Morgan fingerprint density at radius 2 is 2.29 bits per heavy atom. The lowest BCUT2D eigenvalue weighted by molar-refractivity contribution is 0.628. The van der Waals surface area contributed by atoms with Crippen molar-refractivity contribution in [3.8, 4) is 0 Å². The Balaban J connectivity index is 2.18. The molecular weight excluding hydrogens is 192 g/mol. The van der Waals surface area contributed by atoms with Crippen LogP contribution in [0.4, 0.5) is 0 Å². The highest BCUT2D eigenvalue weighted by atomic mass is 32.2. The van der Waals surface area contributed by atoms with Crippen LogP contribution < -0.4 is 5.32 Å². The van der Waals surface area contributed by atoms with Crippen molar-refractivity contribution < 1.29 is 0 Å². The van der Waals surface area contributed by atoms with Crippen LogP contribution in [0.3, 0.4) is 0 Å². The number of rotatable bonds is 4. The summed E-state index contributed by atoms with van der Waals surface area (Å²) in [6.45, 7) is 4.40. The molecule has 0 spiro atoms. The summed E-state index contributed by atoms with van der Waals surface area (Å²) in [5.41, 5.74) is 0. The van der Waals surface area contributed by atoms with Crippen molar-refractivity contribution in [2.45, 2.75) is 32.6 Å². The lowest BCUT2D eigenvalue weighted by atomic mass is 10.2.